The van der Waals surface area contributed by atoms with Crippen LogP contribution in [0.3, 0.4) is 0 Å². The molecule has 82 valence electrons. The van der Waals surface area contributed by atoms with Gasteiger partial charge in [-0.3, -0.25) is 0 Å². The fourth-order valence-corrected chi connectivity index (χ4v) is 1.92. The molecule has 0 aromatic heterocycles. The standard InChI is InChI=1S/C10H21N3S/c1-3-5-11-10(14)12-7-9-4-6-13(2)8-9/h9H,3-8H2,1-2H3,(H2,11,12,14). The topological polar surface area (TPSA) is 27.3 Å². The maximum absolute atomic E-state index is 5.15. The maximum Gasteiger partial charge on any atom is 0.166 e. The molecule has 0 saturated carbocycles. The Labute approximate surface area is 92.2 Å². The van der Waals surface area contributed by atoms with Crippen LogP contribution in [0, 0.1) is 5.92 Å². The molecule has 0 spiro atoms. The minimum absolute atomic E-state index is 0.765. The number of nitrogens with zero attached hydrogens (tertiary/aromatic N) is 1. The molecule has 1 rings (SSSR count). The van der Waals surface area contributed by atoms with Gasteiger partial charge in [0, 0.05) is 19.6 Å². The molecular formula is C10H21N3S. The lowest BCUT2D eigenvalue weighted by Gasteiger charge is -2.14. The summed E-state index contributed by atoms with van der Waals surface area (Å²) in [6.45, 7) is 6.54. The Balaban J connectivity index is 2.05. The number of hydrogen-bond acceptors (Lipinski definition) is 2. The first-order chi connectivity index (χ1) is 6.72. The summed E-state index contributed by atoms with van der Waals surface area (Å²) in [5.74, 6) is 0.765. The molecule has 1 saturated heterocycles. The van der Waals surface area contributed by atoms with Crippen molar-refractivity contribution in [3.8, 4) is 0 Å². The van der Waals surface area contributed by atoms with Crippen molar-refractivity contribution in [2.75, 3.05) is 33.2 Å². The monoisotopic (exact) mass is 215 g/mol. The van der Waals surface area contributed by atoms with Gasteiger partial charge in [0.25, 0.3) is 0 Å². The van der Waals surface area contributed by atoms with E-state index in [2.05, 4.69) is 29.5 Å². The van der Waals surface area contributed by atoms with Gasteiger partial charge in [-0.25, -0.2) is 0 Å². The Hall–Kier alpha value is -0.350. The van der Waals surface area contributed by atoms with Crippen molar-refractivity contribution in [3.05, 3.63) is 0 Å². The van der Waals surface area contributed by atoms with Crippen LogP contribution in [0.2, 0.25) is 0 Å². The van der Waals surface area contributed by atoms with Crippen LogP contribution in [0.1, 0.15) is 19.8 Å². The van der Waals surface area contributed by atoms with E-state index < -0.39 is 0 Å². The van der Waals surface area contributed by atoms with E-state index in [0.29, 0.717) is 0 Å². The van der Waals surface area contributed by atoms with E-state index in [-0.39, 0.29) is 0 Å². The molecule has 1 aliphatic heterocycles. The zero-order chi connectivity index (χ0) is 10.4. The minimum Gasteiger partial charge on any atom is -0.363 e. The molecule has 3 nitrogen and oxygen atoms in total. The molecular weight excluding hydrogens is 194 g/mol. The molecule has 0 aromatic carbocycles. The van der Waals surface area contributed by atoms with E-state index in [1.165, 1.54) is 19.5 Å². The summed E-state index contributed by atoms with van der Waals surface area (Å²) < 4.78 is 0. The first-order valence-electron chi connectivity index (χ1n) is 5.42. The molecule has 0 amide bonds. The van der Waals surface area contributed by atoms with Crippen molar-refractivity contribution < 1.29 is 0 Å². The fraction of sp³-hybridized carbons (Fsp3) is 0.900. The summed E-state index contributed by atoms with van der Waals surface area (Å²) in [5, 5.41) is 7.25. The Morgan fingerprint density at radius 1 is 1.50 bits per heavy atom. The normalized spacial score (nSPS) is 22.3. The quantitative estimate of drug-likeness (QED) is 0.679. The molecule has 14 heavy (non-hydrogen) atoms. The van der Waals surface area contributed by atoms with E-state index in [4.69, 9.17) is 12.2 Å². The zero-order valence-corrected chi connectivity index (χ0v) is 9.99. The molecule has 2 N–H and O–H groups in total. The van der Waals surface area contributed by atoms with Gasteiger partial charge in [0.1, 0.15) is 0 Å². The Morgan fingerprint density at radius 2 is 2.29 bits per heavy atom. The molecule has 0 bridgehead atoms. The van der Waals surface area contributed by atoms with Gasteiger partial charge in [-0.15, -0.1) is 0 Å². The van der Waals surface area contributed by atoms with Gasteiger partial charge in [-0.2, -0.15) is 0 Å². The predicted octanol–water partition coefficient (Wildman–Crippen LogP) is 0.812. The van der Waals surface area contributed by atoms with Gasteiger partial charge in [-0.05, 0) is 44.6 Å². The summed E-state index contributed by atoms with van der Waals surface area (Å²) in [4.78, 5) is 2.37. The van der Waals surface area contributed by atoms with Gasteiger partial charge >= 0.3 is 0 Å². The maximum atomic E-state index is 5.15. The second-order valence-corrected chi connectivity index (χ2v) is 4.46. The van der Waals surface area contributed by atoms with Crippen molar-refractivity contribution >= 4 is 17.3 Å². The number of likely N-dealkylation sites (tertiary alicyclic amines) is 1. The molecule has 0 aromatic rings. The van der Waals surface area contributed by atoms with Gasteiger partial charge in [0.05, 0.1) is 0 Å². The van der Waals surface area contributed by atoms with Crippen molar-refractivity contribution in [2.45, 2.75) is 19.8 Å². The van der Waals surface area contributed by atoms with E-state index in [9.17, 15) is 0 Å². The van der Waals surface area contributed by atoms with Crippen LogP contribution in [0.25, 0.3) is 0 Å². The molecule has 1 atom stereocenters. The highest BCUT2D eigenvalue weighted by Crippen LogP contribution is 2.12. The van der Waals surface area contributed by atoms with E-state index in [1.54, 1.807) is 0 Å². The van der Waals surface area contributed by atoms with Crippen LogP contribution < -0.4 is 10.6 Å². The van der Waals surface area contributed by atoms with Crippen molar-refractivity contribution in [1.82, 2.24) is 15.5 Å². The minimum atomic E-state index is 0.765. The number of rotatable bonds is 4. The zero-order valence-electron chi connectivity index (χ0n) is 9.18. The average Bonchev–Trinajstić information content (AvgIpc) is 2.58. The molecule has 0 aliphatic carbocycles. The highest BCUT2D eigenvalue weighted by molar-refractivity contribution is 7.80. The third-order valence-electron chi connectivity index (χ3n) is 2.58. The van der Waals surface area contributed by atoms with Gasteiger partial charge < -0.3 is 15.5 Å². The molecule has 1 unspecified atom stereocenters. The highest BCUT2D eigenvalue weighted by Gasteiger charge is 2.18. The van der Waals surface area contributed by atoms with Gasteiger partial charge in [0.2, 0.25) is 0 Å². The molecule has 1 fully saturated rings. The molecule has 4 heteroatoms. The summed E-state index contributed by atoms with van der Waals surface area (Å²) in [5.41, 5.74) is 0. The summed E-state index contributed by atoms with van der Waals surface area (Å²) in [7, 11) is 2.17. The second-order valence-electron chi connectivity index (χ2n) is 4.05. The number of thiocarbonyl (C=S) groups is 1. The van der Waals surface area contributed by atoms with Crippen LogP contribution in [-0.2, 0) is 0 Å². The van der Waals surface area contributed by atoms with Crippen LogP contribution in [0.15, 0.2) is 0 Å². The molecule has 1 heterocycles. The van der Waals surface area contributed by atoms with Crippen molar-refractivity contribution in [2.24, 2.45) is 5.92 Å². The molecule has 1 aliphatic rings. The van der Waals surface area contributed by atoms with Crippen LogP contribution >= 0.6 is 12.2 Å². The predicted molar refractivity (Wildman–Crippen MR) is 64.5 cm³/mol. The Morgan fingerprint density at radius 3 is 2.86 bits per heavy atom. The second kappa shape index (κ2) is 6.19. The first kappa shape index (κ1) is 11.7. The summed E-state index contributed by atoms with van der Waals surface area (Å²) in [6.07, 6.45) is 2.41. The van der Waals surface area contributed by atoms with Crippen LogP contribution in [0.5, 0.6) is 0 Å². The smallest absolute Gasteiger partial charge is 0.166 e. The average molecular weight is 215 g/mol. The Kier molecular flexibility index (Phi) is 5.19. The highest BCUT2D eigenvalue weighted by atomic mass is 32.1. The summed E-state index contributed by atoms with van der Waals surface area (Å²) >= 11 is 5.15. The SMILES string of the molecule is CCCNC(=S)NCC1CCN(C)C1. The van der Waals surface area contributed by atoms with Crippen LogP contribution in [0.4, 0.5) is 0 Å². The van der Waals surface area contributed by atoms with E-state index in [0.717, 1.165) is 30.5 Å². The first-order valence-corrected chi connectivity index (χ1v) is 5.83. The van der Waals surface area contributed by atoms with Crippen molar-refractivity contribution in [3.63, 3.8) is 0 Å². The van der Waals surface area contributed by atoms with Crippen molar-refractivity contribution in [1.29, 1.82) is 0 Å². The van der Waals surface area contributed by atoms with Gasteiger partial charge in [-0.1, -0.05) is 6.92 Å². The molecule has 0 radical (unpaired) electrons. The third kappa shape index (κ3) is 4.24. The van der Waals surface area contributed by atoms with E-state index in [1.807, 2.05) is 0 Å². The fourth-order valence-electron chi connectivity index (χ4n) is 1.73. The number of nitrogens with one attached hydrogen (secondary N) is 2. The number of hydrogen-bond donors (Lipinski definition) is 2. The van der Waals surface area contributed by atoms with Gasteiger partial charge in [0.15, 0.2) is 5.11 Å². The lowest BCUT2D eigenvalue weighted by molar-refractivity contribution is 0.394. The summed E-state index contributed by atoms with van der Waals surface area (Å²) in [6, 6.07) is 0. The largest absolute Gasteiger partial charge is 0.363 e. The third-order valence-corrected chi connectivity index (χ3v) is 2.86. The van der Waals surface area contributed by atoms with E-state index >= 15 is 0 Å². The Bertz CT molecular complexity index is 184. The lowest BCUT2D eigenvalue weighted by Crippen LogP contribution is -2.38. The van der Waals surface area contributed by atoms with Crippen LogP contribution in [-0.4, -0.2) is 43.2 Å². The lowest BCUT2D eigenvalue weighted by atomic mass is 10.1.